The minimum Gasteiger partial charge on any atom is -0.458 e. The number of carbonyl (C=O) groups excluding carboxylic acids is 2. The van der Waals surface area contributed by atoms with Gasteiger partial charge in [-0.2, -0.15) is 0 Å². The predicted octanol–water partition coefficient (Wildman–Crippen LogP) is 1.72. The molecule has 0 aromatic carbocycles. The van der Waals surface area contributed by atoms with E-state index in [1.165, 1.54) is 0 Å². The molecule has 82 valence electrons. The maximum absolute atomic E-state index is 10.9. The molecular formula is C8H12I2O4. The van der Waals surface area contributed by atoms with E-state index in [9.17, 15) is 9.59 Å². The SMILES string of the molecule is C[C@H](OC(=O)CI)[C@@H](C)OC(=O)CI. The molecule has 0 spiro atoms. The molecule has 0 aliphatic carbocycles. The molecule has 0 aromatic heterocycles. The summed E-state index contributed by atoms with van der Waals surface area (Å²) in [6.07, 6.45) is -0.798. The molecule has 0 saturated heterocycles. The Bertz CT molecular complexity index is 186. The first-order valence-electron chi connectivity index (χ1n) is 4.02. The zero-order valence-electron chi connectivity index (χ0n) is 7.96. The summed E-state index contributed by atoms with van der Waals surface area (Å²) in [4.78, 5) is 21.8. The van der Waals surface area contributed by atoms with Crippen LogP contribution in [0.15, 0.2) is 0 Å². The number of carbonyl (C=O) groups is 2. The zero-order valence-corrected chi connectivity index (χ0v) is 12.3. The fourth-order valence-corrected chi connectivity index (χ4v) is 1.03. The average Bonchev–Trinajstić information content (AvgIpc) is 2.17. The number of rotatable bonds is 5. The molecule has 0 aliphatic heterocycles. The lowest BCUT2D eigenvalue weighted by Gasteiger charge is -2.19. The van der Waals surface area contributed by atoms with Crippen molar-refractivity contribution in [1.82, 2.24) is 0 Å². The van der Waals surface area contributed by atoms with E-state index in [1.54, 1.807) is 13.8 Å². The van der Waals surface area contributed by atoms with Gasteiger partial charge in [0.15, 0.2) is 0 Å². The summed E-state index contributed by atoms with van der Waals surface area (Å²) in [5.41, 5.74) is 0. The number of hydrogen-bond acceptors (Lipinski definition) is 4. The third kappa shape index (κ3) is 5.99. The van der Waals surface area contributed by atoms with Gasteiger partial charge in [0.1, 0.15) is 12.2 Å². The number of ether oxygens (including phenoxy) is 2. The lowest BCUT2D eigenvalue weighted by molar-refractivity contribution is -0.161. The number of esters is 2. The molecule has 2 atom stereocenters. The smallest absolute Gasteiger partial charge is 0.316 e. The Kier molecular flexibility index (Phi) is 7.88. The van der Waals surface area contributed by atoms with E-state index in [4.69, 9.17) is 9.47 Å². The lowest BCUT2D eigenvalue weighted by Crippen LogP contribution is -2.31. The molecule has 0 N–H and O–H groups in total. The third-order valence-electron chi connectivity index (χ3n) is 1.51. The van der Waals surface area contributed by atoms with Crippen LogP contribution in [0.5, 0.6) is 0 Å². The van der Waals surface area contributed by atoms with E-state index >= 15 is 0 Å². The molecule has 14 heavy (non-hydrogen) atoms. The molecule has 0 radical (unpaired) electrons. The first-order chi connectivity index (χ1) is 6.51. The molecule has 0 aliphatic rings. The first kappa shape index (κ1) is 14.4. The van der Waals surface area contributed by atoms with E-state index in [2.05, 4.69) is 0 Å². The quantitative estimate of drug-likeness (QED) is 0.382. The van der Waals surface area contributed by atoms with Crippen LogP contribution in [0.1, 0.15) is 13.8 Å². The van der Waals surface area contributed by atoms with E-state index < -0.39 is 12.2 Å². The van der Waals surface area contributed by atoms with Crippen LogP contribution in [0, 0.1) is 0 Å². The Morgan fingerprint density at radius 1 is 1.00 bits per heavy atom. The zero-order chi connectivity index (χ0) is 11.1. The standard InChI is InChI=1S/C8H12I2O4/c1-5(13-7(11)3-9)6(2)14-8(12)4-10/h5-6H,3-4H2,1-2H3/t5-,6+. The normalized spacial score (nSPS) is 14.3. The summed E-state index contributed by atoms with van der Waals surface area (Å²) >= 11 is 3.84. The molecule has 0 bridgehead atoms. The van der Waals surface area contributed by atoms with Gasteiger partial charge < -0.3 is 9.47 Å². The van der Waals surface area contributed by atoms with Gasteiger partial charge >= 0.3 is 11.9 Å². The summed E-state index contributed by atoms with van der Waals surface area (Å²) in [6.45, 7) is 3.41. The van der Waals surface area contributed by atoms with Gasteiger partial charge in [0, 0.05) is 0 Å². The molecule has 4 nitrogen and oxygen atoms in total. The van der Waals surface area contributed by atoms with Crippen molar-refractivity contribution >= 4 is 57.1 Å². The second kappa shape index (κ2) is 7.66. The van der Waals surface area contributed by atoms with Crippen molar-refractivity contribution < 1.29 is 19.1 Å². The van der Waals surface area contributed by atoms with Crippen molar-refractivity contribution in [2.24, 2.45) is 0 Å². The van der Waals surface area contributed by atoms with Crippen molar-refractivity contribution in [3.05, 3.63) is 0 Å². The van der Waals surface area contributed by atoms with Gasteiger partial charge in [-0.3, -0.25) is 9.59 Å². The van der Waals surface area contributed by atoms with E-state index in [0.717, 1.165) is 0 Å². The molecule has 6 heteroatoms. The summed E-state index contributed by atoms with van der Waals surface area (Å²) in [6, 6.07) is 0. The first-order valence-corrected chi connectivity index (χ1v) is 7.07. The Balaban J connectivity index is 3.92. The Morgan fingerprint density at radius 2 is 1.29 bits per heavy atom. The molecule has 0 rings (SSSR count). The highest BCUT2D eigenvalue weighted by molar-refractivity contribution is 14.1. The molecule has 0 unspecified atom stereocenters. The van der Waals surface area contributed by atoms with E-state index in [1.807, 2.05) is 45.2 Å². The Labute approximate surface area is 110 Å². The summed E-state index contributed by atoms with van der Waals surface area (Å²) in [7, 11) is 0. The maximum atomic E-state index is 10.9. The second-order valence-electron chi connectivity index (χ2n) is 2.66. The monoisotopic (exact) mass is 426 g/mol. The van der Waals surface area contributed by atoms with Gasteiger partial charge in [-0.15, -0.1) is 0 Å². The fraction of sp³-hybridized carbons (Fsp3) is 0.750. The molecule has 0 fully saturated rings. The number of hydrogen-bond donors (Lipinski definition) is 0. The second-order valence-corrected chi connectivity index (χ2v) is 4.18. The highest BCUT2D eigenvalue weighted by Gasteiger charge is 2.19. The summed E-state index contributed by atoms with van der Waals surface area (Å²) < 4.78 is 10.6. The van der Waals surface area contributed by atoms with Crippen LogP contribution in [0.2, 0.25) is 0 Å². The lowest BCUT2D eigenvalue weighted by atomic mass is 10.2. The fourth-order valence-electron chi connectivity index (χ4n) is 0.669. The van der Waals surface area contributed by atoms with Gasteiger partial charge in [-0.05, 0) is 13.8 Å². The van der Waals surface area contributed by atoms with Crippen molar-refractivity contribution in [2.75, 3.05) is 8.86 Å². The van der Waals surface area contributed by atoms with Gasteiger partial charge in [-0.25, -0.2) is 0 Å². The molecular weight excluding hydrogens is 414 g/mol. The highest BCUT2D eigenvalue weighted by Crippen LogP contribution is 2.05. The Morgan fingerprint density at radius 3 is 1.50 bits per heavy atom. The van der Waals surface area contributed by atoms with Gasteiger partial charge in [0.05, 0.1) is 8.86 Å². The Hall–Kier alpha value is 0.400. The van der Waals surface area contributed by atoms with Crippen LogP contribution in [-0.2, 0) is 19.1 Å². The topological polar surface area (TPSA) is 52.6 Å². The van der Waals surface area contributed by atoms with Crippen LogP contribution in [-0.4, -0.2) is 33.0 Å². The van der Waals surface area contributed by atoms with Crippen LogP contribution in [0.4, 0.5) is 0 Å². The maximum Gasteiger partial charge on any atom is 0.316 e. The van der Waals surface area contributed by atoms with Crippen LogP contribution in [0.25, 0.3) is 0 Å². The average molecular weight is 426 g/mol. The third-order valence-corrected chi connectivity index (χ3v) is 2.76. The van der Waals surface area contributed by atoms with Crippen molar-refractivity contribution in [2.45, 2.75) is 26.1 Å². The molecule has 0 saturated carbocycles. The minimum atomic E-state index is -0.399. The summed E-state index contributed by atoms with van der Waals surface area (Å²) in [5, 5.41) is 0. The molecule has 0 aromatic rings. The van der Waals surface area contributed by atoms with Gasteiger partial charge in [0.25, 0.3) is 0 Å². The highest BCUT2D eigenvalue weighted by atomic mass is 127. The minimum absolute atomic E-state index is 0.296. The van der Waals surface area contributed by atoms with E-state index in [0.29, 0.717) is 8.86 Å². The van der Waals surface area contributed by atoms with Crippen LogP contribution in [0.3, 0.4) is 0 Å². The number of halogens is 2. The molecule has 0 amide bonds. The van der Waals surface area contributed by atoms with E-state index in [-0.39, 0.29) is 11.9 Å². The summed E-state index contributed by atoms with van der Waals surface area (Å²) in [5.74, 6) is -0.592. The van der Waals surface area contributed by atoms with Gasteiger partial charge in [-0.1, -0.05) is 45.2 Å². The largest absolute Gasteiger partial charge is 0.458 e. The van der Waals surface area contributed by atoms with Crippen molar-refractivity contribution in [1.29, 1.82) is 0 Å². The number of alkyl halides is 2. The van der Waals surface area contributed by atoms with Crippen molar-refractivity contribution in [3.8, 4) is 0 Å². The van der Waals surface area contributed by atoms with Crippen LogP contribution >= 0.6 is 45.2 Å². The van der Waals surface area contributed by atoms with Crippen molar-refractivity contribution in [3.63, 3.8) is 0 Å². The predicted molar refractivity (Wildman–Crippen MR) is 68.9 cm³/mol. The van der Waals surface area contributed by atoms with Gasteiger partial charge in [0.2, 0.25) is 0 Å². The van der Waals surface area contributed by atoms with Crippen LogP contribution < -0.4 is 0 Å². The molecule has 0 heterocycles.